The lowest BCUT2D eigenvalue weighted by Gasteiger charge is -2.22. The minimum absolute atomic E-state index is 0.159. The Morgan fingerprint density at radius 2 is 1.92 bits per heavy atom. The molecule has 1 atom stereocenters. The van der Waals surface area contributed by atoms with Crippen LogP contribution in [-0.2, 0) is 11.2 Å². The van der Waals surface area contributed by atoms with Crippen LogP contribution in [0.25, 0.3) is 0 Å². The molecule has 3 rings (SSSR count). The van der Waals surface area contributed by atoms with Gasteiger partial charge >= 0.3 is 0 Å². The second kappa shape index (κ2) is 7.44. The number of carbonyl (C=O) groups is 1. The normalized spacial score (nSPS) is 13.4. The summed E-state index contributed by atoms with van der Waals surface area (Å²) in [7, 11) is 1.71. The van der Waals surface area contributed by atoms with Crippen LogP contribution in [0.2, 0.25) is 0 Å². The number of rotatable bonds is 6. The highest BCUT2D eigenvalue weighted by Gasteiger charge is 2.22. The fourth-order valence-electron chi connectivity index (χ4n) is 2.70. The lowest BCUT2D eigenvalue weighted by molar-refractivity contribution is -0.119. The molecule has 0 fully saturated rings. The zero-order valence-electron chi connectivity index (χ0n) is 14.4. The van der Waals surface area contributed by atoms with Crippen LogP contribution in [0.4, 0.5) is 5.69 Å². The van der Waals surface area contributed by atoms with Crippen LogP contribution in [0.5, 0.6) is 17.2 Å². The Bertz CT molecular complexity index is 746. The molecule has 132 valence electrons. The van der Waals surface area contributed by atoms with Gasteiger partial charge in [0.05, 0.1) is 12.6 Å². The smallest absolute Gasteiger partial charge is 0.243 e. The first-order valence-electron chi connectivity index (χ1n) is 8.23. The summed E-state index contributed by atoms with van der Waals surface area (Å²) in [5.74, 6) is 1.97. The van der Waals surface area contributed by atoms with Gasteiger partial charge in [0.2, 0.25) is 12.7 Å². The maximum atomic E-state index is 12.6. The van der Waals surface area contributed by atoms with Crippen molar-refractivity contribution in [1.82, 2.24) is 0 Å². The number of ether oxygens (including phenoxy) is 3. The Hall–Kier alpha value is -2.73. The molecule has 6 heteroatoms. The molecule has 0 unspecified atom stereocenters. The molecule has 1 aliphatic heterocycles. The van der Waals surface area contributed by atoms with Gasteiger partial charge in [-0.05, 0) is 43.2 Å². The summed E-state index contributed by atoms with van der Waals surface area (Å²) in [4.78, 5) is 14.2. The van der Waals surface area contributed by atoms with E-state index in [-0.39, 0.29) is 12.7 Å². The van der Waals surface area contributed by atoms with E-state index in [1.54, 1.807) is 24.1 Å². The Morgan fingerprint density at radius 1 is 1.20 bits per heavy atom. The van der Waals surface area contributed by atoms with Crippen molar-refractivity contribution < 1.29 is 19.0 Å². The van der Waals surface area contributed by atoms with Gasteiger partial charge in [-0.1, -0.05) is 12.1 Å². The monoisotopic (exact) mass is 342 g/mol. The lowest BCUT2D eigenvalue weighted by atomic mass is 10.1. The van der Waals surface area contributed by atoms with Gasteiger partial charge in [-0.2, -0.15) is 0 Å². The molecule has 2 N–H and O–H groups in total. The molecule has 2 aromatic carbocycles. The molecule has 0 aliphatic carbocycles. The molecule has 0 saturated heterocycles. The lowest BCUT2D eigenvalue weighted by Crippen LogP contribution is -2.43. The van der Waals surface area contributed by atoms with Crippen LogP contribution in [0, 0.1) is 0 Å². The van der Waals surface area contributed by atoms with E-state index in [1.165, 1.54) is 0 Å². The number of likely N-dealkylation sites (N-methyl/N-ethyl adjacent to an activating group) is 1. The molecule has 0 spiro atoms. The van der Waals surface area contributed by atoms with Crippen LogP contribution in [0.1, 0.15) is 12.5 Å². The highest BCUT2D eigenvalue weighted by atomic mass is 16.7. The summed E-state index contributed by atoms with van der Waals surface area (Å²) in [5, 5.41) is 0. The summed E-state index contributed by atoms with van der Waals surface area (Å²) in [6.45, 7) is 2.76. The predicted molar refractivity (Wildman–Crippen MR) is 95.3 cm³/mol. The van der Waals surface area contributed by atoms with Crippen LogP contribution in [0.3, 0.4) is 0 Å². The van der Waals surface area contributed by atoms with E-state index in [1.807, 2.05) is 37.3 Å². The maximum Gasteiger partial charge on any atom is 0.243 e. The van der Waals surface area contributed by atoms with Gasteiger partial charge in [0, 0.05) is 18.8 Å². The van der Waals surface area contributed by atoms with Crippen molar-refractivity contribution in [2.45, 2.75) is 19.4 Å². The van der Waals surface area contributed by atoms with Crippen LogP contribution >= 0.6 is 0 Å². The summed E-state index contributed by atoms with van der Waals surface area (Å²) >= 11 is 0. The van der Waals surface area contributed by atoms with E-state index in [0.29, 0.717) is 24.5 Å². The maximum absolute atomic E-state index is 12.6. The molecule has 2 aromatic rings. The molecule has 1 heterocycles. The van der Waals surface area contributed by atoms with Crippen LogP contribution in [0.15, 0.2) is 42.5 Å². The number of hydrogen-bond acceptors (Lipinski definition) is 5. The van der Waals surface area contributed by atoms with Crippen LogP contribution < -0.4 is 24.8 Å². The van der Waals surface area contributed by atoms with E-state index < -0.39 is 6.04 Å². The third kappa shape index (κ3) is 3.85. The van der Waals surface area contributed by atoms with E-state index in [9.17, 15) is 4.79 Å². The van der Waals surface area contributed by atoms with E-state index in [2.05, 4.69) is 0 Å². The summed E-state index contributed by atoms with van der Waals surface area (Å²) in [6.07, 6.45) is 0.458. The van der Waals surface area contributed by atoms with Crippen molar-refractivity contribution in [1.29, 1.82) is 0 Å². The quantitative estimate of drug-likeness (QED) is 0.872. The first-order chi connectivity index (χ1) is 12.1. The van der Waals surface area contributed by atoms with Crippen molar-refractivity contribution in [3.05, 3.63) is 48.0 Å². The van der Waals surface area contributed by atoms with Gasteiger partial charge in [0.25, 0.3) is 0 Å². The van der Waals surface area contributed by atoms with Gasteiger partial charge < -0.3 is 24.8 Å². The predicted octanol–water partition coefficient (Wildman–Crippen LogP) is 2.35. The largest absolute Gasteiger partial charge is 0.494 e. The second-order valence-corrected chi connectivity index (χ2v) is 5.82. The first kappa shape index (κ1) is 17.1. The van der Waals surface area contributed by atoms with Gasteiger partial charge in [-0.3, -0.25) is 4.79 Å². The molecule has 0 bridgehead atoms. The zero-order valence-corrected chi connectivity index (χ0v) is 14.4. The average molecular weight is 342 g/mol. The number of amides is 1. The SMILES string of the molecule is CCOc1ccc(C[C@H](N)C(=O)N(C)c2ccc3c(c2)OCO3)cc1. The molecule has 0 aromatic heterocycles. The minimum Gasteiger partial charge on any atom is -0.494 e. The molecular weight excluding hydrogens is 320 g/mol. The Labute approximate surface area is 147 Å². The second-order valence-electron chi connectivity index (χ2n) is 5.82. The molecule has 25 heavy (non-hydrogen) atoms. The van der Waals surface area contributed by atoms with E-state index in [0.717, 1.165) is 17.0 Å². The Morgan fingerprint density at radius 3 is 2.64 bits per heavy atom. The summed E-state index contributed by atoms with van der Waals surface area (Å²) in [5.41, 5.74) is 7.83. The highest BCUT2D eigenvalue weighted by molar-refractivity contribution is 5.97. The van der Waals surface area contributed by atoms with Crippen molar-refractivity contribution in [2.75, 3.05) is 25.3 Å². The van der Waals surface area contributed by atoms with E-state index >= 15 is 0 Å². The number of nitrogens with two attached hydrogens (primary N) is 1. The molecule has 1 aliphatic rings. The zero-order chi connectivity index (χ0) is 17.8. The number of anilines is 1. The van der Waals surface area contributed by atoms with Gasteiger partial charge in [0.1, 0.15) is 5.75 Å². The fourth-order valence-corrected chi connectivity index (χ4v) is 2.70. The molecule has 0 saturated carbocycles. The summed E-state index contributed by atoms with van der Waals surface area (Å²) in [6, 6.07) is 12.4. The molecule has 0 radical (unpaired) electrons. The third-order valence-electron chi connectivity index (χ3n) is 4.08. The highest BCUT2D eigenvalue weighted by Crippen LogP contribution is 2.35. The number of benzene rings is 2. The average Bonchev–Trinajstić information content (AvgIpc) is 3.10. The van der Waals surface area contributed by atoms with Crippen LogP contribution in [-0.4, -0.2) is 32.4 Å². The number of carbonyl (C=O) groups excluding carboxylic acids is 1. The first-order valence-corrected chi connectivity index (χ1v) is 8.23. The van der Waals surface area contributed by atoms with Gasteiger partial charge in [-0.15, -0.1) is 0 Å². The molecule has 1 amide bonds. The fraction of sp³-hybridized carbons (Fsp3) is 0.316. The van der Waals surface area contributed by atoms with E-state index in [4.69, 9.17) is 19.9 Å². The molecular formula is C19H22N2O4. The van der Waals surface area contributed by atoms with Crippen molar-refractivity contribution >= 4 is 11.6 Å². The van der Waals surface area contributed by atoms with Gasteiger partial charge in [-0.25, -0.2) is 0 Å². The van der Waals surface area contributed by atoms with Crippen molar-refractivity contribution in [3.63, 3.8) is 0 Å². The Balaban J connectivity index is 1.65. The number of fused-ring (bicyclic) bond motifs is 1. The minimum atomic E-state index is -0.631. The summed E-state index contributed by atoms with van der Waals surface area (Å²) < 4.78 is 16.1. The molecule has 6 nitrogen and oxygen atoms in total. The standard InChI is InChI=1S/C19H22N2O4/c1-3-23-15-7-4-13(5-8-15)10-16(20)19(22)21(2)14-6-9-17-18(11-14)25-12-24-17/h4-9,11,16H,3,10,12,20H2,1-2H3/t16-/m0/s1. The van der Waals surface area contributed by atoms with Crippen molar-refractivity contribution in [3.8, 4) is 17.2 Å². The number of nitrogens with zero attached hydrogens (tertiary/aromatic N) is 1. The number of hydrogen-bond donors (Lipinski definition) is 1. The topological polar surface area (TPSA) is 74.0 Å². The van der Waals surface area contributed by atoms with Crippen molar-refractivity contribution in [2.24, 2.45) is 5.73 Å². The van der Waals surface area contributed by atoms with Gasteiger partial charge in [0.15, 0.2) is 11.5 Å². The third-order valence-corrected chi connectivity index (χ3v) is 4.08. The Kier molecular flexibility index (Phi) is 5.09.